The minimum Gasteiger partial charge on any atom is -0.508 e. The molecule has 1 fully saturated rings. The van der Waals surface area contributed by atoms with Crippen LogP contribution in [-0.4, -0.2) is 95.0 Å². The first-order valence-corrected chi connectivity index (χ1v) is 19.7. The third kappa shape index (κ3) is 7.96. The van der Waals surface area contributed by atoms with Gasteiger partial charge in [0, 0.05) is 55.1 Å². The number of benzene rings is 2. The zero-order chi connectivity index (χ0) is 37.6. The molecular weight excluding hydrogens is 735 g/mol. The number of piperazine rings is 1. The number of phenols is 1. The first kappa shape index (κ1) is 37.7. The molecule has 2 aromatic carbocycles. The summed E-state index contributed by atoms with van der Waals surface area (Å²) in [6.45, 7) is 13.8. The summed E-state index contributed by atoms with van der Waals surface area (Å²) in [4.78, 5) is 29.7. The average molecular weight is 782 g/mol. The Morgan fingerprint density at radius 3 is 2.47 bits per heavy atom. The van der Waals surface area contributed by atoms with Crippen molar-refractivity contribution in [2.45, 2.75) is 78.1 Å². The average Bonchev–Trinajstić information content (AvgIpc) is 3.78. The van der Waals surface area contributed by atoms with Gasteiger partial charge in [-0.2, -0.15) is 0 Å². The standard InChI is InChI=1S/C40H46Cl2N4O6S/c1-22-30-23(2)34(42)35(33(22)41)50-27(19-46-15-13-45(6)14-16-46)20-49-26-11-12-28(47)25(17-26)18-29(39(48)52-40(3,4)5)51-37-32-31(30)36(24-9-7-8-10-24)53-38(32)44-21-43-37/h9,11-12,17,21,27,29,47H,7-8,10,13-16,18-20H2,1-6H3/t27-,29-/m1/s1. The van der Waals surface area contributed by atoms with E-state index in [9.17, 15) is 9.90 Å². The van der Waals surface area contributed by atoms with Gasteiger partial charge in [-0.05, 0) is 101 Å². The lowest BCUT2D eigenvalue weighted by Crippen LogP contribution is -2.49. The molecule has 4 aliphatic rings. The summed E-state index contributed by atoms with van der Waals surface area (Å²) in [5.74, 6) is 0.531. The molecule has 13 heteroatoms. The van der Waals surface area contributed by atoms with E-state index in [1.807, 2.05) is 13.8 Å². The van der Waals surface area contributed by atoms with Gasteiger partial charge in [-0.15, -0.1) is 11.3 Å². The number of hydrogen-bond acceptors (Lipinski definition) is 11. The van der Waals surface area contributed by atoms with Gasteiger partial charge < -0.3 is 29.0 Å². The predicted molar refractivity (Wildman–Crippen MR) is 210 cm³/mol. The highest BCUT2D eigenvalue weighted by atomic mass is 35.5. The van der Waals surface area contributed by atoms with Crippen molar-refractivity contribution >= 4 is 56.3 Å². The Kier molecular flexibility index (Phi) is 10.9. The SMILES string of the molecule is Cc1c(Cl)c2c(Cl)c(C)c1-c1c(C3=CCCC3)sc3ncnc(c13)O[C@@H](C(=O)OC(C)(C)C)Cc1cc(ccc1O)OC[C@@H](CN1CCN(C)CC1)O2. The number of rotatable bonds is 4. The molecule has 0 amide bonds. The smallest absolute Gasteiger partial charge is 0.348 e. The normalized spacial score (nSPS) is 20.0. The third-order valence-electron chi connectivity index (χ3n) is 10.0. The Hall–Kier alpha value is -3.61. The number of likely N-dealkylation sites (N-methyl/N-ethyl adjacent to an activating group) is 1. The highest BCUT2D eigenvalue weighted by Gasteiger charge is 2.34. The summed E-state index contributed by atoms with van der Waals surface area (Å²) in [6, 6.07) is 4.97. The Morgan fingerprint density at radius 2 is 1.79 bits per heavy atom. The monoisotopic (exact) mass is 780 g/mol. The Bertz CT molecular complexity index is 2040. The fourth-order valence-electron chi connectivity index (χ4n) is 7.24. The van der Waals surface area contributed by atoms with Crippen molar-refractivity contribution in [2.75, 3.05) is 46.4 Å². The Morgan fingerprint density at radius 1 is 1.06 bits per heavy atom. The van der Waals surface area contributed by atoms with Crippen molar-refractivity contribution in [2.24, 2.45) is 0 Å². The van der Waals surface area contributed by atoms with E-state index in [1.54, 1.807) is 50.3 Å². The molecule has 0 unspecified atom stereocenters. The van der Waals surface area contributed by atoms with E-state index in [4.69, 9.17) is 47.1 Å². The van der Waals surface area contributed by atoms with Crippen molar-refractivity contribution < 1.29 is 28.8 Å². The zero-order valence-corrected chi connectivity index (χ0v) is 33.4. The fraction of sp³-hybridized carbons (Fsp3) is 0.475. The van der Waals surface area contributed by atoms with Crippen LogP contribution in [0, 0.1) is 13.8 Å². The lowest BCUT2D eigenvalue weighted by molar-refractivity contribution is -0.163. The summed E-state index contributed by atoms with van der Waals surface area (Å²) in [5.41, 5.74) is 4.16. The van der Waals surface area contributed by atoms with Gasteiger partial charge in [-0.3, -0.25) is 4.90 Å². The summed E-state index contributed by atoms with van der Waals surface area (Å²) in [7, 11) is 2.12. The second-order valence-corrected chi connectivity index (χ2v) is 16.9. The topological polar surface area (TPSA) is 106 Å². The van der Waals surface area contributed by atoms with Gasteiger partial charge in [-0.1, -0.05) is 29.3 Å². The number of halogens is 2. The van der Waals surface area contributed by atoms with Gasteiger partial charge in [-0.25, -0.2) is 14.8 Å². The second-order valence-electron chi connectivity index (χ2n) is 15.2. The van der Waals surface area contributed by atoms with Gasteiger partial charge in [0.1, 0.15) is 41.0 Å². The van der Waals surface area contributed by atoms with Crippen LogP contribution in [-0.2, 0) is 16.0 Å². The molecule has 1 saturated heterocycles. The molecule has 0 spiro atoms. The molecule has 2 aromatic heterocycles. The van der Waals surface area contributed by atoms with E-state index in [2.05, 4.69) is 27.9 Å². The fourth-order valence-corrected chi connectivity index (χ4v) is 8.97. The molecule has 1 aliphatic carbocycles. The van der Waals surface area contributed by atoms with E-state index < -0.39 is 23.8 Å². The van der Waals surface area contributed by atoms with Crippen LogP contribution < -0.4 is 14.2 Å². The Labute approximate surface area is 324 Å². The number of aromatic hydroxyl groups is 1. The van der Waals surface area contributed by atoms with Crippen LogP contribution >= 0.6 is 34.5 Å². The van der Waals surface area contributed by atoms with Gasteiger partial charge in [0.15, 0.2) is 5.75 Å². The van der Waals surface area contributed by atoms with Crippen molar-refractivity contribution in [3.63, 3.8) is 0 Å². The quantitative estimate of drug-likeness (QED) is 0.204. The van der Waals surface area contributed by atoms with E-state index in [0.29, 0.717) is 43.9 Å². The number of aromatic nitrogens is 2. The van der Waals surface area contributed by atoms with Crippen LogP contribution in [0.25, 0.3) is 26.9 Å². The van der Waals surface area contributed by atoms with E-state index in [0.717, 1.165) is 72.6 Å². The maximum atomic E-state index is 13.9. The van der Waals surface area contributed by atoms with Crippen LogP contribution in [0.5, 0.6) is 23.1 Å². The van der Waals surface area contributed by atoms with E-state index in [1.165, 1.54) is 11.9 Å². The predicted octanol–water partition coefficient (Wildman–Crippen LogP) is 8.27. The maximum Gasteiger partial charge on any atom is 0.348 e. The van der Waals surface area contributed by atoms with Gasteiger partial charge in [0.25, 0.3) is 0 Å². The molecule has 4 bridgehead atoms. The molecule has 0 radical (unpaired) electrons. The number of hydrogen-bond donors (Lipinski definition) is 1. The number of allylic oxidation sites excluding steroid dienone is 2. The molecule has 5 heterocycles. The van der Waals surface area contributed by atoms with E-state index in [-0.39, 0.29) is 24.7 Å². The van der Waals surface area contributed by atoms with Crippen LogP contribution in [0.3, 0.4) is 0 Å². The number of ether oxygens (including phenoxy) is 4. The molecule has 4 aromatic rings. The number of carbonyl (C=O) groups excluding carboxylic acids is 1. The molecule has 2 atom stereocenters. The molecule has 1 N–H and O–H groups in total. The number of phenolic OH excluding ortho intramolecular Hbond substituents is 1. The minimum absolute atomic E-state index is 0.000422. The van der Waals surface area contributed by atoms with E-state index >= 15 is 0 Å². The minimum atomic E-state index is -1.17. The van der Waals surface area contributed by atoms with Crippen LogP contribution in [0.1, 0.15) is 61.6 Å². The first-order valence-electron chi connectivity index (χ1n) is 18.1. The molecular formula is C40H46Cl2N4O6S. The van der Waals surface area contributed by atoms with Crippen molar-refractivity contribution in [1.82, 2.24) is 19.8 Å². The summed E-state index contributed by atoms with van der Waals surface area (Å²) in [5, 5.41) is 12.5. The second kappa shape index (κ2) is 15.3. The van der Waals surface area contributed by atoms with Crippen LogP contribution in [0.2, 0.25) is 10.0 Å². The molecule has 282 valence electrons. The highest BCUT2D eigenvalue weighted by molar-refractivity contribution is 7.20. The Balaban J connectivity index is 1.44. The number of esters is 1. The molecule has 3 aliphatic heterocycles. The van der Waals surface area contributed by atoms with Gasteiger partial charge in [0.05, 0.1) is 15.4 Å². The number of fused-ring (bicyclic) bond motifs is 7. The molecule has 0 saturated carbocycles. The maximum absolute atomic E-state index is 13.9. The molecule has 8 rings (SSSR count). The molecule has 10 nitrogen and oxygen atoms in total. The van der Waals surface area contributed by atoms with Crippen molar-refractivity contribution in [1.29, 1.82) is 0 Å². The van der Waals surface area contributed by atoms with Crippen LogP contribution in [0.15, 0.2) is 30.6 Å². The zero-order valence-electron chi connectivity index (χ0n) is 31.1. The number of carbonyl (C=O) groups is 1. The third-order valence-corrected chi connectivity index (χ3v) is 12.1. The first-order chi connectivity index (χ1) is 25.3. The lowest BCUT2D eigenvalue weighted by atomic mass is 9.91. The number of nitrogens with zero attached hydrogens (tertiary/aromatic N) is 4. The summed E-state index contributed by atoms with van der Waals surface area (Å²) >= 11 is 16.2. The van der Waals surface area contributed by atoms with Crippen molar-refractivity contribution in [3.05, 3.63) is 62.2 Å². The van der Waals surface area contributed by atoms with Gasteiger partial charge in [0.2, 0.25) is 12.0 Å². The number of thiophene rings is 1. The summed E-state index contributed by atoms with van der Waals surface area (Å²) in [6.07, 6.45) is 5.03. The van der Waals surface area contributed by atoms with Crippen LogP contribution in [0.4, 0.5) is 0 Å². The lowest BCUT2D eigenvalue weighted by Gasteiger charge is -2.35. The molecule has 53 heavy (non-hydrogen) atoms. The van der Waals surface area contributed by atoms with Crippen molar-refractivity contribution in [3.8, 4) is 34.3 Å². The summed E-state index contributed by atoms with van der Waals surface area (Å²) < 4.78 is 25.7. The highest BCUT2D eigenvalue weighted by Crippen LogP contribution is 2.53. The van der Waals surface area contributed by atoms with Gasteiger partial charge >= 0.3 is 5.97 Å². The largest absolute Gasteiger partial charge is 0.508 e.